The predicted molar refractivity (Wildman–Crippen MR) is 76.3 cm³/mol. The van der Waals surface area contributed by atoms with Crippen LogP contribution in [0.5, 0.6) is 17.4 Å². The summed E-state index contributed by atoms with van der Waals surface area (Å²) in [5, 5.41) is 17.1. The monoisotopic (exact) mass is 288 g/mol. The highest BCUT2D eigenvalue weighted by Gasteiger charge is 2.20. The van der Waals surface area contributed by atoms with E-state index in [1.165, 1.54) is 7.11 Å². The highest BCUT2D eigenvalue weighted by atomic mass is 16.5. The van der Waals surface area contributed by atoms with Crippen molar-refractivity contribution in [2.75, 3.05) is 7.11 Å². The summed E-state index contributed by atoms with van der Waals surface area (Å²) < 4.78 is 10.8. The summed E-state index contributed by atoms with van der Waals surface area (Å²) >= 11 is 0. The van der Waals surface area contributed by atoms with Gasteiger partial charge >= 0.3 is 5.97 Å². The van der Waals surface area contributed by atoms with Gasteiger partial charge in [-0.05, 0) is 44.0 Å². The molecule has 0 bridgehead atoms. The van der Waals surface area contributed by atoms with Gasteiger partial charge in [-0.25, -0.2) is 4.79 Å². The van der Waals surface area contributed by atoms with Crippen LogP contribution >= 0.6 is 0 Å². The molecule has 6 heteroatoms. The molecule has 1 aromatic carbocycles. The molecular weight excluding hydrogens is 272 g/mol. The van der Waals surface area contributed by atoms with Crippen molar-refractivity contribution >= 4 is 5.97 Å². The van der Waals surface area contributed by atoms with E-state index >= 15 is 0 Å². The molecule has 2 rings (SSSR count). The van der Waals surface area contributed by atoms with E-state index in [2.05, 4.69) is 10.2 Å². The molecule has 0 aliphatic heterocycles. The highest BCUT2D eigenvalue weighted by molar-refractivity contribution is 5.92. The summed E-state index contributed by atoms with van der Waals surface area (Å²) in [5.41, 5.74) is 2.09. The molecule has 110 valence electrons. The van der Waals surface area contributed by atoms with Crippen LogP contribution in [0.2, 0.25) is 0 Å². The van der Waals surface area contributed by atoms with E-state index in [4.69, 9.17) is 9.47 Å². The van der Waals surface area contributed by atoms with Crippen LogP contribution in [0.25, 0.3) is 0 Å². The molecule has 21 heavy (non-hydrogen) atoms. The first-order chi connectivity index (χ1) is 9.93. The summed E-state index contributed by atoms with van der Waals surface area (Å²) in [6.07, 6.45) is 0. The minimum absolute atomic E-state index is 0.00475. The molecule has 0 unspecified atom stereocenters. The molecule has 0 saturated carbocycles. The summed E-state index contributed by atoms with van der Waals surface area (Å²) in [6, 6.07) is 5.34. The Kier molecular flexibility index (Phi) is 4.07. The zero-order valence-electron chi connectivity index (χ0n) is 12.3. The third-order valence-corrected chi connectivity index (χ3v) is 3.16. The first kappa shape index (κ1) is 14.8. The van der Waals surface area contributed by atoms with Crippen LogP contribution in [-0.2, 0) is 0 Å². The van der Waals surface area contributed by atoms with Crippen molar-refractivity contribution in [1.29, 1.82) is 0 Å². The van der Waals surface area contributed by atoms with Crippen LogP contribution < -0.4 is 9.47 Å². The standard InChI is InChI=1S/C15H16N2O4/c1-8-5-6-11(12(7-8)20-4)21-14-13(15(18)19)9(2)10(3)16-17-14/h5-7H,1-4H3,(H,18,19). The Hall–Kier alpha value is -2.63. The summed E-state index contributed by atoms with van der Waals surface area (Å²) in [4.78, 5) is 11.4. The number of nitrogens with zero attached hydrogens (tertiary/aromatic N) is 2. The molecule has 1 heterocycles. The lowest BCUT2D eigenvalue weighted by Gasteiger charge is -2.13. The highest BCUT2D eigenvalue weighted by Crippen LogP contribution is 2.33. The average molecular weight is 288 g/mol. The van der Waals surface area contributed by atoms with Crippen LogP contribution in [0.15, 0.2) is 18.2 Å². The van der Waals surface area contributed by atoms with Gasteiger partial charge in [-0.3, -0.25) is 0 Å². The lowest BCUT2D eigenvalue weighted by molar-refractivity contribution is 0.0692. The number of aromatic carboxylic acids is 1. The van der Waals surface area contributed by atoms with Gasteiger partial charge in [0.25, 0.3) is 5.88 Å². The van der Waals surface area contributed by atoms with Gasteiger partial charge in [0.15, 0.2) is 11.5 Å². The Labute approximate surface area is 122 Å². The lowest BCUT2D eigenvalue weighted by Crippen LogP contribution is -2.08. The molecular formula is C15H16N2O4. The number of methoxy groups -OCH3 is 1. The van der Waals surface area contributed by atoms with E-state index in [0.29, 0.717) is 22.8 Å². The second-order valence-electron chi connectivity index (χ2n) is 4.65. The lowest BCUT2D eigenvalue weighted by atomic mass is 10.1. The largest absolute Gasteiger partial charge is 0.493 e. The maximum atomic E-state index is 11.4. The minimum atomic E-state index is -1.11. The molecule has 0 aliphatic carbocycles. The SMILES string of the molecule is COc1cc(C)ccc1Oc1nnc(C)c(C)c1C(=O)O. The molecule has 6 nitrogen and oxygen atoms in total. The number of hydrogen-bond donors (Lipinski definition) is 1. The van der Waals surface area contributed by atoms with E-state index in [0.717, 1.165) is 5.56 Å². The fraction of sp³-hybridized carbons (Fsp3) is 0.267. The van der Waals surface area contributed by atoms with Crippen LogP contribution in [0.3, 0.4) is 0 Å². The number of carboxylic acid groups (broad SMARTS) is 1. The number of carbonyl (C=O) groups is 1. The van der Waals surface area contributed by atoms with Gasteiger partial charge in [-0.15, -0.1) is 5.10 Å². The number of benzene rings is 1. The normalized spacial score (nSPS) is 10.3. The molecule has 0 fully saturated rings. The van der Waals surface area contributed by atoms with Gasteiger partial charge in [0.2, 0.25) is 0 Å². The smallest absolute Gasteiger partial charge is 0.341 e. The number of hydrogen-bond acceptors (Lipinski definition) is 5. The second kappa shape index (κ2) is 5.78. The van der Waals surface area contributed by atoms with E-state index in [-0.39, 0.29) is 11.4 Å². The molecule has 1 aromatic heterocycles. The maximum absolute atomic E-state index is 11.4. The summed E-state index contributed by atoms with van der Waals surface area (Å²) in [5.74, 6) is -0.256. The van der Waals surface area contributed by atoms with Crippen molar-refractivity contribution in [1.82, 2.24) is 10.2 Å². The Bertz CT molecular complexity index is 698. The zero-order valence-corrected chi connectivity index (χ0v) is 12.3. The summed E-state index contributed by atoms with van der Waals surface area (Å²) in [6.45, 7) is 5.29. The van der Waals surface area contributed by atoms with Crippen molar-refractivity contribution < 1.29 is 19.4 Å². The second-order valence-corrected chi connectivity index (χ2v) is 4.65. The van der Waals surface area contributed by atoms with Gasteiger partial charge in [0.1, 0.15) is 5.56 Å². The van der Waals surface area contributed by atoms with Crippen LogP contribution in [-0.4, -0.2) is 28.4 Å². The topological polar surface area (TPSA) is 81.5 Å². The average Bonchev–Trinajstić information content (AvgIpc) is 2.44. The fourth-order valence-electron chi connectivity index (χ4n) is 1.87. The number of rotatable bonds is 4. The number of aromatic nitrogens is 2. The van der Waals surface area contributed by atoms with Crippen molar-refractivity contribution in [3.05, 3.63) is 40.6 Å². The van der Waals surface area contributed by atoms with Crippen molar-refractivity contribution in [2.24, 2.45) is 0 Å². The van der Waals surface area contributed by atoms with Gasteiger partial charge in [-0.1, -0.05) is 6.07 Å². The first-order valence-electron chi connectivity index (χ1n) is 6.33. The van der Waals surface area contributed by atoms with Crippen LogP contribution in [0, 0.1) is 20.8 Å². The molecule has 0 amide bonds. The van der Waals surface area contributed by atoms with E-state index < -0.39 is 5.97 Å². The maximum Gasteiger partial charge on any atom is 0.341 e. The van der Waals surface area contributed by atoms with Crippen molar-refractivity contribution in [3.63, 3.8) is 0 Å². The Morgan fingerprint density at radius 1 is 1.14 bits per heavy atom. The first-order valence-corrected chi connectivity index (χ1v) is 6.33. The van der Waals surface area contributed by atoms with Gasteiger partial charge in [0.05, 0.1) is 12.8 Å². The van der Waals surface area contributed by atoms with Crippen molar-refractivity contribution in [2.45, 2.75) is 20.8 Å². The van der Waals surface area contributed by atoms with E-state index in [1.807, 2.05) is 13.0 Å². The van der Waals surface area contributed by atoms with Gasteiger partial charge < -0.3 is 14.6 Å². The predicted octanol–water partition coefficient (Wildman–Crippen LogP) is 2.90. The molecule has 2 aromatic rings. The molecule has 0 aliphatic rings. The van der Waals surface area contributed by atoms with Gasteiger partial charge in [-0.2, -0.15) is 5.10 Å². The third kappa shape index (κ3) is 2.94. The van der Waals surface area contributed by atoms with Crippen LogP contribution in [0.4, 0.5) is 0 Å². The molecule has 0 spiro atoms. The minimum Gasteiger partial charge on any atom is -0.493 e. The summed E-state index contributed by atoms with van der Waals surface area (Å²) in [7, 11) is 1.52. The van der Waals surface area contributed by atoms with Crippen molar-refractivity contribution in [3.8, 4) is 17.4 Å². The van der Waals surface area contributed by atoms with Crippen LogP contribution in [0.1, 0.15) is 27.2 Å². The fourth-order valence-corrected chi connectivity index (χ4v) is 1.87. The number of carboxylic acids is 1. The van der Waals surface area contributed by atoms with Gasteiger partial charge in [0, 0.05) is 0 Å². The molecule has 1 N–H and O–H groups in total. The Balaban J connectivity index is 2.50. The Morgan fingerprint density at radius 2 is 1.86 bits per heavy atom. The molecule has 0 atom stereocenters. The third-order valence-electron chi connectivity index (χ3n) is 3.16. The van der Waals surface area contributed by atoms with E-state index in [9.17, 15) is 9.90 Å². The Morgan fingerprint density at radius 3 is 2.48 bits per heavy atom. The number of ether oxygens (including phenoxy) is 2. The molecule has 0 saturated heterocycles. The molecule has 0 radical (unpaired) electrons. The zero-order chi connectivity index (χ0) is 15.6. The quantitative estimate of drug-likeness (QED) is 0.931. The number of aryl methyl sites for hydroxylation is 2. The van der Waals surface area contributed by atoms with E-state index in [1.54, 1.807) is 26.0 Å².